The maximum atomic E-state index is 10.1. The predicted molar refractivity (Wildman–Crippen MR) is 88.6 cm³/mol. The molecule has 1 N–H and O–H groups in total. The number of methoxy groups -OCH3 is 1. The Balaban J connectivity index is 2.51. The van der Waals surface area contributed by atoms with Gasteiger partial charge in [0, 0.05) is 33.4 Å². The molecule has 1 atom stereocenters. The van der Waals surface area contributed by atoms with Gasteiger partial charge < -0.3 is 14.6 Å². The van der Waals surface area contributed by atoms with Gasteiger partial charge in [-0.2, -0.15) is 0 Å². The number of aliphatic hydroxyl groups is 1. The summed E-state index contributed by atoms with van der Waals surface area (Å²) in [5, 5.41) is 10.1. The SMILES string of the molecule is C#CCOCC(O)CN(CCCOC)Cc1ccc(C)cc1. The fraction of sp³-hybridized carbons (Fsp3) is 0.556. The predicted octanol–water partition coefficient (Wildman–Crippen LogP) is 1.84. The van der Waals surface area contributed by atoms with Crippen LogP contribution in [0, 0.1) is 19.3 Å². The van der Waals surface area contributed by atoms with Crippen molar-refractivity contribution in [2.45, 2.75) is 26.0 Å². The summed E-state index contributed by atoms with van der Waals surface area (Å²) in [6, 6.07) is 8.46. The van der Waals surface area contributed by atoms with E-state index in [1.807, 2.05) is 0 Å². The molecule has 0 aliphatic rings. The molecule has 122 valence electrons. The molecule has 0 aromatic heterocycles. The number of aryl methyl sites for hydroxylation is 1. The van der Waals surface area contributed by atoms with E-state index in [0.717, 1.165) is 19.5 Å². The smallest absolute Gasteiger partial charge is 0.107 e. The third-order valence-corrected chi connectivity index (χ3v) is 3.31. The molecule has 0 saturated heterocycles. The number of rotatable bonds is 11. The Morgan fingerprint density at radius 1 is 1.32 bits per heavy atom. The number of hydrogen-bond acceptors (Lipinski definition) is 4. The standard InChI is InChI=1S/C18H27NO3/c1-4-11-22-15-18(20)14-19(10-5-12-21-3)13-17-8-6-16(2)7-9-17/h1,6-9,18,20H,5,10-15H2,2-3H3. The molecule has 1 aromatic rings. The molecule has 1 rings (SSSR count). The second kappa shape index (κ2) is 11.2. The van der Waals surface area contributed by atoms with Gasteiger partial charge in [-0.25, -0.2) is 0 Å². The zero-order valence-electron chi connectivity index (χ0n) is 13.6. The highest BCUT2D eigenvalue weighted by molar-refractivity contribution is 5.21. The first kappa shape index (κ1) is 18.7. The highest BCUT2D eigenvalue weighted by atomic mass is 16.5. The van der Waals surface area contributed by atoms with Gasteiger partial charge in [0.15, 0.2) is 0 Å². The summed E-state index contributed by atoms with van der Waals surface area (Å²) in [7, 11) is 1.70. The average molecular weight is 305 g/mol. The Bertz CT molecular complexity index is 439. The molecule has 1 aromatic carbocycles. The third-order valence-electron chi connectivity index (χ3n) is 3.31. The molecular weight excluding hydrogens is 278 g/mol. The molecule has 0 saturated carbocycles. The second-order valence-electron chi connectivity index (χ2n) is 5.44. The van der Waals surface area contributed by atoms with Crippen LogP contribution in [0.4, 0.5) is 0 Å². The van der Waals surface area contributed by atoms with Crippen LogP contribution in [0.1, 0.15) is 17.5 Å². The highest BCUT2D eigenvalue weighted by Gasteiger charge is 2.12. The molecule has 0 heterocycles. The lowest BCUT2D eigenvalue weighted by atomic mass is 10.1. The lowest BCUT2D eigenvalue weighted by Crippen LogP contribution is -2.35. The molecule has 4 heteroatoms. The van der Waals surface area contributed by atoms with Crippen LogP contribution in [0.5, 0.6) is 0 Å². The fourth-order valence-electron chi connectivity index (χ4n) is 2.22. The fourth-order valence-corrected chi connectivity index (χ4v) is 2.22. The van der Waals surface area contributed by atoms with Crippen LogP contribution in [0.25, 0.3) is 0 Å². The maximum absolute atomic E-state index is 10.1. The quantitative estimate of drug-likeness (QED) is 0.500. The Labute approximate surface area is 134 Å². The summed E-state index contributed by atoms with van der Waals surface area (Å²) in [6.07, 6.45) is 5.52. The Morgan fingerprint density at radius 2 is 2.05 bits per heavy atom. The van der Waals surface area contributed by atoms with Crippen molar-refractivity contribution in [3.8, 4) is 12.3 Å². The van der Waals surface area contributed by atoms with Crippen LogP contribution in [-0.4, -0.2) is 56.1 Å². The van der Waals surface area contributed by atoms with Crippen molar-refractivity contribution in [3.05, 3.63) is 35.4 Å². The lowest BCUT2D eigenvalue weighted by molar-refractivity contribution is 0.0244. The summed E-state index contributed by atoms with van der Waals surface area (Å²) in [4.78, 5) is 2.22. The second-order valence-corrected chi connectivity index (χ2v) is 5.44. The molecule has 0 aliphatic heterocycles. The molecule has 0 amide bonds. The molecular formula is C18H27NO3. The number of aliphatic hydroxyl groups excluding tert-OH is 1. The van der Waals surface area contributed by atoms with Crippen molar-refractivity contribution in [2.24, 2.45) is 0 Å². The number of ether oxygens (including phenoxy) is 2. The molecule has 1 unspecified atom stereocenters. The summed E-state index contributed by atoms with van der Waals surface area (Å²) < 4.78 is 10.3. The van der Waals surface area contributed by atoms with E-state index in [9.17, 15) is 5.11 Å². The van der Waals surface area contributed by atoms with E-state index in [0.29, 0.717) is 13.2 Å². The van der Waals surface area contributed by atoms with Crippen molar-refractivity contribution in [3.63, 3.8) is 0 Å². The van der Waals surface area contributed by atoms with Crippen LogP contribution in [0.15, 0.2) is 24.3 Å². The molecule has 0 fully saturated rings. The van der Waals surface area contributed by atoms with E-state index in [1.165, 1.54) is 11.1 Å². The summed E-state index contributed by atoms with van der Waals surface area (Å²) in [5.74, 6) is 2.40. The van der Waals surface area contributed by atoms with Gasteiger partial charge in [0.2, 0.25) is 0 Å². The van der Waals surface area contributed by atoms with E-state index in [2.05, 4.69) is 42.0 Å². The minimum Gasteiger partial charge on any atom is -0.389 e. The Kier molecular flexibility index (Phi) is 9.52. The van der Waals surface area contributed by atoms with Crippen LogP contribution < -0.4 is 0 Å². The summed E-state index contributed by atoms with van der Waals surface area (Å²) in [6.45, 7) is 5.52. The normalized spacial score (nSPS) is 12.3. The molecule has 22 heavy (non-hydrogen) atoms. The van der Waals surface area contributed by atoms with Gasteiger partial charge in [0.25, 0.3) is 0 Å². The van der Waals surface area contributed by atoms with Crippen molar-refractivity contribution < 1.29 is 14.6 Å². The zero-order valence-corrected chi connectivity index (χ0v) is 13.6. The van der Waals surface area contributed by atoms with Crippen molar-refractivity contribution in [1.82, 2.24) is 4.90 Å². The summed E-state index contributed by atoms with van der Waals surface area (Å²) >= 11 is 0. The van der Waals surface area contributed by atoms with Gasteiger partial charge in [-0.15, -0.1) is 6.42 Å². The number of terminal acetylenes is 1. The number of benzene rings is 1. The van der Waals surface area contributed by atoms with Crippen LogP contribution in [0.2, 0.25) is 0 Å². The lowest BCUT2D eigenvalue weighted by Gasteiger charge is -2.25. The van der Waals surface area contributed by atoms with E-state index < -0.39 is 6.10 Å². The Hall–Kier alpha value is -1.38. The van der Waals surface area contributed by atoms with Gasteiger partial charge in [-0.3, -0.25) is 4.90 Å². The Morgan fingerprint density at radius 3 is 2.68 bits per heavy atom. The van der Waals surface area contributed by atoms with Crippen molar-refractivity contribution in [2.75, 3.05) is 40.0 Å². The van der Waals surface area contributed by atoms with E-state index in [4.69, 9.17) is 15.9 Å². The first-order chi connectivity index (χ1) is 10.7. The van der Waals surface area contributed by atoms with Gasteiger partial charge >= 0.3 is 0 Å². The topological polar surface area (TPSA) is 41.9 Å². The van der Waals surface area contributed by atoms with Gasteiger partial charge in [0.1, 0.15) is 6.61 Å². The monoisotopic (exact) mass is 305 g/mol. The number of nitrogens with zero attached hydrogens (tertiary/aromatic N) is 1. The minimum atomic E-state index is -0.540. The maximum Gasteiger partial charge on any atom is 0.107 e. The number of hydrogen-bond donors (Lipinski definition) is 1. The largest absolute Gasteiger partial charge is 0.389 e. The zero-order chi connectivity index (χ0) is 16.2. The molecule has 0 spiro atoms. The van der Waals surface area contributed by atoms with Gasteiger partial charge in [-0.05, 0) is 18.9 Å². The summed E-state index contributed by atoms with van der Waals surface area (Å²) in [5.41, 5.74) is 2.48. The molecule has 0 bridgehead atoms. The average Bonchev–Trinajstić information content (AvgIpc) is 2.50. The van der Waals surface area contributed by atoms with E-state index in [-0.39, 0.29) is 13.2 Å². The third kappa shape index (κ3) is 8.16. The van der Waals surface area contributed by atoms with E-state index in [1.54, 1.807) is 7.11 Å². The molecule has 0 radical (unpaired) electrons. The van der Waals surface area contributed by atoms with E-state index >= 15 is 0 Å². The van der Waals surface area contributed by atoms with Crippen molar-refractivity contribution in [1.29, 1.82) is 0 Å². The van der Waals surface area contributed by atoms with Crippen molar-refractivity contribution >= 4 is 0 Å². The molecule has 0 aliphatic carbocycles. The van der Waals surface area contributed by atoms with Gasteiger partial charge in [-0.1, -0.05) is 35.7 Å². The highest BCUT2D eigenvalue weighted by Crippen LogP contribution is 2.08. The van der Waals surface area contributed by atoms with Crippen LogP contribution in [-0.2, 0) is 16.0 Å². The minimum absolute atomic E-state index is 0.235. The van der Waals surface area contributed by atoms with Gasteiger partial charge in [0.05, 0.1) is 12.7 Å². The first-order valence-electron chi connectivity index (χ1n) is 7.61. The molecule has 4 nitrogen and oxygen atoms in total. The van der Waals surface area contributed by atoms with Crippen LogP contribution in [0.3, 0.4) is 0 Å². The van der Waals surface area contributed by atoms with Crippen LogP contribution >= 0.6 is 0 Å². The first-order valence-corrected chi connectivity index (χ1v) is 7.61.